The molecular formula is C11H9FN4O6S. The highest BCUT2D eigenvalue weighted by molar-refractivity contribution is 7.92. The quantitative estimate of drug-likeness (QED) is 0.532. The number of sulfonamides is 1. The first-order valence-corrected chi connectivity index (χ1v) is 7.40. The molecule has 2 rings (SSSR count). The first-order valence-electron chi connectivity index (χ1n) is 5.92. The van der Waals surface area contributed by atoms with Crippen LogP contribution in [0.2, 0.25) is 0 Å². The average Bonchev–Trinajstić information content (AvgIpc) is 2.38. The van der Waals surface area contributed by atoms with Gasteiger partial charge < -0.3 is 4.98 Å². The zero-order valence-electron chi connectivity index (χ0n) is 11.4. The van der Waals surface area contributed by atoms with Crippen LogP contribution in [0.5, 0.6) is 0 Å². The molecule has 0 radical (unpaired) electrons. The Balaban J connectivity index is 2.52. The molecule has 12 heteroatoms. The molecule has 0 unspecified atom stereocenters. The van der Waals surface area contributed by atoms with E-state index in [9.17, 15) is 32.5 Å². The van der Waals surface area contributed by atoms with Gasteiger partial charge in [0, 0.05) is 11.8 Å². The van der Waals surface area contributed by atoms with E-state index >= 15 is 0 Å². The third-order valence-corrected chi connectivity index (χ3v) is 4.27. The zero-order valence-corrected chi connectivity index (χ0v) is 12.2. The Kier molecular flexibility index (Phi) is 4.01. The smallest absolute Gasteiger partial charge is 0.310 e. The topological polar surface area (TPSA) is 155 Å². The van der Waals surface area contributed by atoms with Gasteiger partial charge in [-0.2, -0.15) is 4.39 Å². The number of aromatic amines is 2. The maximum atomic E-state index is 13.2. The molecule has 0 aliphatic carbocycles. The molecule has 0 aliphatic rings. The van der Waals surface area contributed by atoms with Gasteiger partial charge in [0.25, 0.3) is 15.6 Å². The van der Waals surface area contributed by atoms with E-state index in [2.05, 4.69) is 4.98 Å². The van der Waals surface area contributed by atoms with Crippen molar-refractivity contribution in [1.29, 1.82) is 0 Å². The van der Waals surface area contributed by atoms with Gasteiger partial charge in [-0.15, -0.1) is 0 Å². The molecule has 1 aromatic carbocycles. The van der Waals surface area contributed by atoms with Gasteiger partial charge >= 0.3 is 11.4 Å². The zero-order chi connectivity index (χ0) is 17.4. The van der Waals surface area contributed by atoms with Gasteiger partial charge in [-0.05, 0) is 19.1 Å². The summed E-state index contributed by atoms with van der Waals surface area (Å²) in [5.74, 6) is -1.14. The predicted molar refractivity (Wildman–Crippen MR) is 76.3 cm³/mol. The largest absolute Gasteiger partial charge is 0.325 e. The lowest BCUT2D eigenvalue weighted by atomic mass is 10.3. The molecule has 0 bridgehead atoms. The van der Waals surface area contributed by atoms with Crippen molar-refractivity contribution in [3.05, 3.63) is 60.7 Å². The summed E-state index contributed by atoms with van der Waals surface area (Å²) in [7, 11) is -4.46. The molecule has 23 heavy (non-hydrogen) atoms. The van der Waals surface area contributed by atoms with E-state index < -0.39 is 42.6 Å². The summed E-state index contributed by atoms with van der Waals surface area (Å²) in [6.45, 7) is 1.19. The summed E-state index contributed by atoms with van der Waals surface area (Å²) in [6, 6.07) is 2.33. The van der Waals surface area contributed by atoms with E-state index in [0.717, 1.165) is 6.07 Å². The second kappa shape index (κ2) is 5.64. The Labute approximate surface area is 127 Å². The first-order chi connectivity index (χ1) is 10.6. The van der Waals surface area contributed by atoms with E-state index in [0.29, 0.717) is 12.1 Å². The fourth-order valence-corrected chi connectivity index (χ4v) is 3.12. The van der Waals surface area contributed by atoms with Crippen molar-refractivity contribution in [2.45, 2.75) is 11.8 Å². The highest BCUT2D eigenvalue weighted by Gasteiger charge is 2.24. The minimum Gasteiger partial charge on any atom is -0.310 e. The fourth-order valence-electron chi connectivity index (χ4n) is 1.83. The minimum atomic E-state index is -4.46. The molecule has 0 amide bonds. The van der Waals surface area contributed by atoms with Crippen LogP contribution >= 0.6 is 0 Å². The molecule has 0 atom stereocenters. The van der Waals surface area contributed by atoms with E-state index in [-0.39, 0.29) is 11.4 Å². The van der Waals surface area contributed by atoms with Crippen molar-refractivity contribution in [2.75, 3.05) is 4.72 Å². The number of aromatic nitrogens is 2. The van der Waals surface area contributed by atoms with E-state index in [1.807, 2.05) is 4.72 Å². The van der Waals surface area contributed by atoms with Crippen LogP contribution in [0.3, 0.4) is 0 Å². The number of nitro groups is 1. The van der Waals surface area contributed by atoms with Gasteiger partial charge in [0.15, 0.2) is 4.90 Å². The monoisotopic (exact) mass is 344 g/mol. The molecule has 0 fully saturated rings. The number of hydrogen-bond acceptors (Lipinski definition) is 6. The molecule has 122 valence electrons. The van der Waals surface area contributed by atoms with Gasteiger partial charge in [-0.1, -0.05) is 0 Å². The number of nitrogens with one attached hydrogen (secondary N) is 3. The Morgan fingerprint density at radius 3 is 2.48 bits per heavy atom. The molecule has 10 nitrogen and oxygen atoms in total. The van der Waals surface area contributed by atoms with Crippen LogP contribution < -0.4 is 16.0 Å². The Morgan fingerprint density at radius 1 is 1.26 bits per heavy atom. The number of H-pyrrole nitrogens is 2. The Morgan fingerprint density at radius 2 is 1.91 bits per heavy atom. The van der Waals surface area contributed by atoms with Gasteiger partial charge in [0.1, 0.15) is 0 Å². The summed E-state index contributed by atoms with van der Waals surface area (Å²) < 4.78 is 39.6. The Bertz CT molecular complexity index is 1010. The Hall–Kier alpha value is -3.02. The number of aryl methyl sites for hydroxylation is 1. The summed E-state index contributed by atoms with van der Waals surface area (Å²) in [5.41, 5.74) is -3.51. The number of halogens is 1. The fraction of sp³-hybridized carbons (Fsp3) is 0.0909. The third-order valence-electron chi connectivity index (χ3n) is 2.74. The highest BCUT2D eigenvalue weighted by atomic mass is 32.2. The summed E-state index contributed by atoms with van der Waals surface area (Å²) >= 11 is 0. The third kappa shape index (κ3) is 3.26. The lowest BCUT2D eigenvalue weighted by Gasteiger charge is -2.09. The molecule has 0 aliphatic heterocycles. The van der Waals surface area contributed by atoms with Crippen LogP contribution in [0.15, 0.2) is 32.7 Å². The van der Waals surface area contributed by atoms with Crippen LogP contribution in [-0.2, 0) is 10.0 Å². The average molecular weight is 344 g/mol. The number of nitrogens with zero attached hydrogens (tertiary/aromatic N) is 1. The van der Waals surface area contributed by atoms with Crippen LogP contribution in [0.1, 0.15) is 5.69 Å². The van der Waals surface area contributed by atoms with Gasteiger partial charge in [0.2, 0.25) is 5.82 Å². The van der Waals surface area contributed by atoms with Crippen LogP contribution in [0.4, 0.5) is 15.8 Å². The molecule has 1 aromatic heterocycles. The molecule has 1 heterocycles. The van der Waals surface area contributed by atoms with Crippen molar-refractivity contribution in [1.82, 2.24) is 9.97 Å². The second-order valence-electron chi connectivity index (χ2n) is 4.39. The van der Waals surface area contributed by atoms with Gasteiger partial charge in [0.05, 0.1) is 10.6 Å². The summed E-state index contributed by atoms with van der Waals surface area (Å²) in [6.07, 6.45) is 0. The van der Waals surface area contributed by atoms with E-state index in [1.165, 1.54) is 6.92 Å². The summed E-state index contributed by atoms with van der Waals surface area (Å²) in [4.78, 5) is 35.5. The van der Waals surface area contributed by atoms with Gasteiger partial charge in [-0.25, -0.2) is 13.2 Å². The van der Waals surface area contributed by atoms with Crippen LogP contribution in [0.25, 0.3) is 0 Å². The van der Waals surface area contributed by atoms with Crippen LogP contribution in [0, 0.1) is 22.9 Å². The predicted octanol–water partition coefficient (Wildman–Crippen LogP) is 0.220. The van der Waals surface area contributed by atoms with E-state index in [4.69, 9.17) is 0 Å². The number of hydrogen-bond donors (Lipinski definition) is 3. The maximum absolute atomic E-state index is 13.2. The molecular weight excluding hydrogens is 335 g/mol. The minimum absolute atomic E-state index is 0.220. The standard InChI is InChI=1S/C11H9FN4O6S/c1-5-9(10(17)14-11(18)13-5)23(21,22)15-6-2-3-7(12)8(4-6)16(19)20/h2-4,15H,1H3,(H2,13,14,17,18). The molecule has 0 saturated heterocycles. The normalized spacial score (nSPS) is 11.2. The van der Waals surface area contributed by atoms with Gasteiger partial charge in [-0.3, -0.25) is 24.6 Å². The number of nitro benzene ring substituents is 1. The van der Waals surface area contributed by atoms with E-state index in [1.54, 1.807) is 4.98 Å². The first kappa shape index (κ1) is 16.4. The number of anilines is 1. The lowest BCUT2D eigenvalue weighted by Crippen LogP contribution is -2.31. The van der Waals surface area contributed by atoms with Crippen LogP contribution in [-0.4, -0.2) is 23.3 Å². The molecule has 0 spiro atoms. The second-order valence-corrected chi connectivity index (χ2v) is 6.01. The number of benzene rings is 1. The van der Waals surface area contributed by atoms with Crippen molar-refractivity contribution in [3.63, 3.8) is 0 Å². The molecule has 2 aromatic rings. The van der Waals surface area contributed by atoms with Crippen molar-refractivity contribution >= 4 is 21.4 Å². The number of rotatable bonds is 4. The van der Waals surface area contributed by atoms with Crippen molar-refractivity contribution in [3.8, 4) is 0 Å². The highest BCUT2D eigenvalue weighted by Crippen LogP contribution is 2.23. The van der Waals surface area contributed by atoms with Crippen molar-refractivity contribution in [2.24, 2.45) is 0 Å². The van der Waals surface area contributed by atoms with Crippen molar-refractivity contribution < 1.29 is 17.7 Å². The maximum Gasteiger partial charge on any atom is 0.325 e. The summed E-state index contributed by atoms with van der Waals surface area (Å²) in [5, 5.41) is 10.6. The lowest BCUT2D eigenvalue weighted by molar-refractivity contribution is -0.387. The molecule has 3 N–H and O–H groups in total. The SMILES string of the molecule is Cc1[nH]c(=O)[nH]c(=O)c1S(=O)(=O)Nc1ccc(F)c([N+](=O)[O-])c1. The molecule has 0 saturated carbocycles.